The molecule has 0 saturated carbocycles. The molecule has 0 bridgehead atoms. The molecule has 1 aromatic heterocycles. The van der Waals surface area contributed by atoms with Crippen molar-refractivity contribution in [2.75, 3.05) is 19.0 Å². The maximum atomic E-state index is 6.10. The predicted octanol–water partition coefficient (Wildman–Crippen LogP) is 3.32. The van der Waals surface area contributed by atoms with Crippen LogP contribution in [0.4, 0.5) is 11.6 Å². The van der Waals surface area contributed by atoms with Gasteiger partial charge in [-0.25, -0.2) is 4.98 Å². The molecule has 96 valence electrons. The van der Waals surface area contributed by atoms with Crippen LogP contribution in [0, 0.1) is 0 Å². The molecule has 0 amide bonds. The Morgan fingerprint density at radius 3 is 3.00 bits per heavy atom. The molecule has 0 aliphatic carbocycles. The number of hydrogen-bond acceptors (Lipinski definition) is 3. The first-order valence-corrected chi connectivity index (χ1v) is 6.20. The van der Waals surface area contributed by atoms with Gasteiger partial charge in [0.05, 0.1) is 10.7 Å². The average Bonchev–Trinajstić information content (AvgIpc) is 2.80. The van der Waals surface area contributed by atoms with Crippen molar-refractivity contribution >= 4 is 23.2 Å². The lowest BCUT2D eigenvalue weighted by Crippen LogP contribution is -2.05. The van der Waals surface area contributed by atoms with Crippen LogP contribution in [-0.2, 0) is 11.3 Å². The number of para-hydroxylation sites is 1. The second-order valence-electron chi connectivity index (χ2n) is 3.90. The molecule has 2 aromatic rings. The van der Waals surface area contributed by atoms with Gasteiger partial charge in [0.1, 0.15) is 0 Å². The van der Waals surface area contributed by atoms with Crippen LogP contribution in [-0.4, -0.2) is 23.3 Å². The summed E-state index contributed by atoms with van der Waals surface area (Å²) in [6.45, 7) is 1.60. The zero-order valence-electron chi connectivity index (χ0n) is 10.3. The standard InChI is InChI=1S/C13H16ClN3O/c1-18-10-4-8-17-9-7-15-13(17)16-12-6-3-2-5-11(12)14/h2-3,5-7,9H,4,8,10H2,1H3,(H,15,16). The molecule has 2 rings (SSSR count). The highest BCUT2D eigenvalue weighted by Gasteiger charge is 2.05. The van der Waals surface area contributed by atoms with Crippen LogP contribution in [0.25, 0.3) is 0 Å². The first kappa shape index (κ1) is 12.9. The van der Waals surface area contributed by atoms with E-state index in [0.717, 1.165) is 31.2 Å². The zero-order valence-corrected chi connectivity index (χ0v) is 11.0. The van der Waals surface area contributed by atoms with Gasteiger partial charge in [-0.3, -0.25) is 0 Å². The lowest BCUT2D eigenvalue weighted by Gasteiger charge is -2.10. The number of anilines is 2. The minimum atomic E-state index is 0.684. The minimum Gasteiger partial charge on any atom is -0.385 e. The Balaban J connectivity index is 2.05. The molecule has 0 unspecified atom stereocenters. The van der Waals surface area contributed by atoms with E-state index in [1.165, 1.54) is 0 Å². The molecule has 18 heavy (non-hydrogen) atoms. The summed E-state index contributed by atoms with van der Waals surface area (Å²) in [5, 5.41) is 3.91. The van der Waals surface area contributed by atoms with Crippen molar-refractivity contribution in [3.63, 3.8) is 0 Å². The van der Waals surface area contributed by atoms with Crippen molar-refractivity contribution in [1.82, 2.24) is 9.55 Å². The fourth-order valence-corrected chi connectivity index (χ4v) is 1.86. The van der Waals surface area contributed by atoms with Gasteiger partial charge in [-0.2, -0.15) is 0 Å². The summed E-state index contributed by atoms with van der Waals surface area (Å²) >= 11 is 6.10. The van der Waals surface area contributed by atoms with Gasteiger partial charge in [0, 0.05) is 32.7 Å². The maximum absolute atomic E-state index is 6.10. The van der Waals surface area contributed by atoms with Crippen molar-refractivity contribution < 1.29 is 4.74 Å². The van der Waals surface area contributed by atoms with E-state index in [9.17, 15) is 0 Å². The molecule has 1 heterocycles. The van der Waals surface area contributed by atoms with E-state index < -0.39 is 0 Å². The number of rotatable bonds is 6. The van der Waals surface area contributed by atoms with E-state index in [2.05, 4.69) is 10.3 Å². The van der Waals surface area contributed by atoms with Crippen LogP contribution >= 0.6 is 11.6 Å². The van der Waals surface area contributed by atoms with E-state index in [1.807, 2.05) is 35.0 Å². The Hall–Kier alpha value is -1.52. The molecule has 0 aliphatic heterocycles. The van der Waals surface area contributed by atoms with E-state index >= 15 is 0 Å². The number of halogens is 1. The number of nitrogens with one attached hydrogen (secondary N) is 1. The number of imidazole rings is 1. The molecule has 0 radical (unpaired) electrons. The van der Waals surface area contributed by atoms with Gasteiger partial charge >= 0.3 is 0 Å². The Bertz CT molecular complexity index is 498. The fourth-order valence-electron chi connectivity index (χ4n) is 1.68. The third-order valence-corrected chi connectivity index (χ3v) is 2.91. The summed E-state index contributed by atoms with van der Waals surface area (Å²) in [4.78, 5) is 4.28. The number of aromatic nitrogens is 2. The first-order valence-electron chi connectivity index (χ1n) is 5.83. The largest absolute Gasteiger partial charge is 0.385 e. The first-order chi connectivity index (χ1) is 8.81. The summed E-state index contributed by atoms with van der Waals surface area (Å²) in [6.07, 6.45) is 4.66. The van der Waals surface area contributed by atoms with Crippen LogP contribution in [0.3, 0.4) is 0 Å². The van der Waals surface area contributed by atoms with Crippen LogP contribution in [0.1, 0.15) is 6.42 Å². The Morgan fingerprint density at radius 1 is 1.39 bits per heavy atom. The SMILES string of the molecule is COCCCn1ccnc1Nc1ccccc1Cl. The van der Waals surface area contributed by atoms with Gasteiger partial charge < -0.3 is 14.6 Å². The van der Waals surface area contributed by atoms with Crippen molar-refractivity contribution in [3.8, 4) is 0 Å². The number of ether oxygens (including phenoxy) is 1. The average molecular weight is 266 g/mol. The van der Waals surface area contributed by atoms with Crippen molar-refractivity contribution in [3.05, 3.63) is 41.7 Å². The molecule has 0 saturated heterocycles. The third kappa shape index (κ3) is 3.24. The second-order valence-corrected chi connectivity index (χ2v) is 4.30. The zero-order chi connectivity index (χ0) is 12.8. The normalized spacial score (nSPS) is 10.6. The summed E-state index contributed by atoms with van der Waals surface area (Å²) in [7, 11) is 1.71. The minimum absolute atomic E-state index is 0.684. The molecular weight excluding hydrogens is 250 g/mol. The lowest BCUT2D eigenvalue weighted by atomic mass is 10.3. The van der Waals surface area contributed by atoms with E-state index in [-0.39, 0.29) is 0 Å². The molecular formula is C13H16ClN3O. The number of benzene rings is 1. The number of nitrogens with zero attached hydrogens (tertiary/aromatic N) is 2. The molecule has 5 heteroatoms. The number of hydrogen-bond donors (Lipinski definition) is 1. The van der Waals surface area contributed by atoms with Gasteiger partial charge in [0.25, 0.3) is 0 Å². The smallest absolute Gasteiger partial charge is 0.207 e. The van der Waals surface area contributed by atoms with Gasteiger partial charge in [-0.1, -0.05) is 23.7 Å². The van der Waals surface area contributed by atoms with Crippen LogP contribution in [0.5, 0.6) is 0 Å². The highest BCUT2D eigenvalue weighted by Crippen LogP contribution is 2.23. The maximum Gasteiger partial charge on any atom is 0.207 e. The fraction of sp³-hybridized carbons (Fsp3) is 0.308. The Labute approximate surface area is 112 Å². The van der Waals surface area contributed by atoms with Crippen molar-refractivity contribution in [2.24, 2.45) is 0 Å². The number of aryl methyl sites for hydroxylation is 1. The molecule has 4 nitrogen and oxygen atoms in total. The van der Waals surface area contributed by atoms with Gasteiger partial charge in [0.15, 0.2) is 0 Å². The number of methoxy groups -OCH3 is 1. The Morgan fingerprint density at radius 2 is 2.22 bits per heavy atom. The summed E-state index contributed by atoms with van der Waals surface area (Å²) in [5.74, 6) is 0.791. The summed E-state index contributed by atoms with van der Waals surface area (Å²) < 4.78 is 7.09. The Kier molecular flexibility index (Phi) is 4.61. The molecule has 0 atom stereocenters. The molecule has 0 fully saturated rings. The van der Waals surface area contributed by atoms with Crippen molar-refractivity contribution in [2.45, 2.75) is 13.0 Å². The third-order valence-electron chi connectivity index (χ3n) is 2.58. The molecule has 0 spiro atoms. The van der Waals surface area contributed by atoms with Gasteiger partial charge in [-0.05, 0) is 18.6 Å². The van der Waals surface area contributed by atoms with Crippen molar-refractivity contribution in [1.29, 1.82) is 0 Å². The molecule has 1 N–H and O–H groups in total. The predicted molar refractivity (Wildman–Crippen MR) is 73.5 cm³/mol. The highest BCUT2D eigenvalue weighted by atomic mass is 35.5. The monoisotopic (exact) mass is 265 g/mol. The van der Waals surface area contributed by atoms with Crippen LogP contribution < -0.4 is 5.32 Å². The summed E-state index contributed by atoms with van der Waals surface area (Å²) in [6, 6.07) is 7.61. The topological polar surface area (TPSA) is 39.1 Å². The summed E-state index contributed by atoms with van der Waals surface area (Å²) in [5.41, 5.74) is 0.860. The molecule has 1 aromatic carbocycles. The highest BCUT2D eigenvalue weighted by molar-refractivity contribution is 6.33. The molecule has 0 aliphatic rings. The quantitative estimate of drug-likeness (QED) is 0.815. The van der Waals surface area contributed by atoms with Crippen LogP contribution in [0.2, 0.25) is 5.02 Å². The second kappa shape index (κ2) is 6.42. The van der Waals surface area contributed by atoms with E-state index in [4.69, 9.17) is 16.3 Å². The van der Waals surface area contributed by atoms with E-state index in [1.54, 1.807) is 13.3 Å². The van der Waals surface area contributed by atoms with Crippen LogP contribution in [0.15, 0.2) is 36.7 Å². The van der Waals surface area contributed by atoms with Gasteiger partial charge in [-0.15, -0.1) is 0 Å². The van der Waals surface area contributed by atoms with Gasteiger partial charge in [0.2, 0.25) is 5.95 Å². The lowest BCUT2D eigenvalue weighted by molar-refractivity contribution is 0.190. The van der Waals surface area contributed by atoms with E-state index in [0.29, 0.717) is 5.02 Å².